The van der Waals surface area contributed by atoms with E-state index < -0.39 is 6.10 Å². The monoisotopic (exact) mass is 287 g/mol. The lowest BCUT2D eigenvalue weighted by Gasteiger charge is -2.25. The zero-order valence-electron chi connectivity index (χ0n) is 12.0. The molecule has 0 spiro atoms. The molecule has 3 rings (SSSR count). The minimum atomic E-state index is -0.662. The van der Waals surface area contributed by atoms with Crippen molar-refractivity contribution in [3.05, 3.63) is 36.2 Å². The number of benzene rings is 1. The van der Waals surface area contributed by atoms with Crippen LogP contribution in [-0.2, 0) is 18.3 Å². The number of nitrogens with zero attached hydrogens (tertiary/aromatic N) is 2. The number of aryl methyl sites for hydroxylation is 2. The third kappa shape index (κ3) is 2.69. The summed E-state index contributed by atoms with van der Waals surface area (Å²) in [6, 6.07) is 7.32. The summed E-state index contributed by atoms with van der Waals surface area (Å²) in [5, 5.41) is 7.15. The van der Waals surface area contributed by atoms with Crippen LogP contribution in [0.25, 0.3) is 0 Å². The Balaban J connectivity index is 1.72. The maximum absolute atomic E-state index is 12.3. The maximum atomic E-state index is 12.3. The molecule has 1 N–H and O–H groups in total. The molecule has 0 fully saturated rings. The van der Waals surface area contributed by atoms with Gasteiger partial charge in [-0.15, -0.1) is 0 Å². The van der Waals surface area contributed by atoms with E-state index in [1.165, 1.54) is 0 Å². The van der Waals surface area contributed by atoms with Crippen molar-refractivity contribution < 1.29 is 14.3 Å². The molecule has 1 amide bonds. The summed E-state index contributed by atoms with van der Waals surface area (Å²) in [7, 11) is 1.82. The van der Waals surface area contributed by atoms with E-state index in [0.717, 1.165) is 12.1 Å². The fourth-order valence-electron chi connectivity index (χ4n) is 2.26. The number of carbonyl (C=O) groups is 1. The van der Waals surface area contributed by atoms with Gasteiger partial charge in [0, 0.05) is 13.2 Å². The number of hydrogen-bond donors (Lipinski definition) is 1. The van der Waals surface area contributed by atoms with Crippen molar-refractivity contribution in [3.8, 4) is 11.5 Å². The first-order valence-electron chi connectivity index (χ1n) is 6.89. The van der Waals surface area contributed by atoms with Crippen LogP contribution in [0.5, 0.6) is 11.5 Å². The van der Waals surface area contributed by atoms with Crippen molar-refractivity contribution >= 4 is 11.6 Å². The van der Waals surface area contributed by atoms with E-state index in [1.807, 2.05) is 32.2 Å². The third-order valence-electron chi connectivity index (χ3n) is 3.30. The Morgan fingerprint density at radius 1 is 1.43 bits per heavy atom. The molecule has 2 heterocycles. The van der Waals surface area contributed by atoms with Gasteiger partial charge in [-0.2, -0.15) is 5.10 Å². The van der Waals surface area contributed by atoms with Gasteiger partial charge in [0.1, 0.15) is 6.61 Å². The van der Waals surface area contributed by atoms with Gasteiger partial charge >= 0.3 is 0 Å². The van der Waals surface area contributed by atoms with Gasteiger partial charge in [-0.3, -0.25) is 9.48 Å². The van der Waals surface area contributed by atoms with Gasteiger partial charge in [0.2, 0.25) is 6.10 Å². The summed E-state index contributed by atoms with van der Waals surface area (Å²) in [5.74, 6) is 1.02. The fourth-order valence-corrected chi connectivity index (χ4v) is 2.26. The van der Waals surface area contributed by atoms with E-state index in [0.29, 0.717) is 17.2 Å². The van der Waals surface area contributed by atoms with E-state index in [9.17, 15) is 4.79 Å². The average Bonchev–Trinajstić information content (AvgIpc) is 2.86. The van der Waals surface area contributed by atoms with Crippen molar-refractivity contribution in [2.45, 2.75) is 19.4 Å². The highest BCUT2D eigenvalue weighted by Crippen LogP contribution is 2.31. The average molecular weight is 287 g/mol. The number of fused-ring (bicyclic) bond motifs is 1. The van der Waals surface area contributed by atoms with Gasteiger partial charge in [-0.05, 0) is 18.6 Å². The first kappa shape index (κ1) is 13.5. The van der Waals surface area contributed by atoms with E-state index in [-0.39, 0.29) is 12.5 Å². The molecule has 21 heavy (non-hydrogen) atoms. The molecule has 6 heteroatoms. The first-order chi connectivity index (χ1) is 10.2. The molecule has 0 aliphatic carbocycles. The Hall–Kier alpha value is -2.50. The van der Waals surface area contributed by atoms with Gasteiger partial charge in [0.25, 0.3) is 5.91 Å². The van der Waals surface area contributed by atoms with Crippen LogP contribution in [-0.4, -0.2) is 28.4 Å². The van der Waals surface area contributed by atoms with Crippen LogP contribution >= 0.6 is 0 Å². The number of ether oxygens (including phenoxy) is 2. The smallest absolute Gasteiger partial charge is 0.269 e. The molecule has 0 radical (unpaired) electrons. The molecule has 1 aliphatic rings. The van der Waals surface area contributed by atoms with Crippen LogP contribution in [0.4, 0.5) is 5.69 Å². The Kier molecular flexibility index (Phi) is 3.51. The highest BCUT2D eigenvalue weighted by molar-refractivity contribution is 5.95. The summed E-state index contributed by atoms with van der Waals surface area (Å²) < 4.78 is 12.9. The summed E-state index contributed by atoms with van der Waals surface area (Å²) in [6.45, 7) is 2.19. The van der Waals surface area contributed by atoms with Crippen molar-refractivity contribution in [1.29, 1.82) is 0 Å². The molecule has 0 saturated heterocycles. The lowest BCUT2D eigenvalue weighted by Crippen LogP contribution is -2.40. The predicted molar refractivity (Wildman–Crippen MR) is 77.6 cm³/mol. The zero-order valence-corrected chi connectivity index (χ0v) is 12.0. The van der Waals surface area contributed by atoms with Crippen LogP contribution in [0.2, 0.25) is 0 Å². The van der Waals surface area contributed by atoms with Crippen molar-refractivity contribution in [3.63, 3.8) is 0 Å². The predicted octanol–water partition coefficient (Wildman–Crippen LogP) is 1.76. The van der Waals surface area contributed by atoms with E-state index >= 15 is 0 Å². The molecular formula is C15H17N3O3. The Morgan fingerprint density at radius 3 is 2.95 bits per heavy atom. The largest absolute Gasteiger partial charge is 0.485 e. The van der Waals surface area contributed by atoms with Gasteiger partial charge < -0.3 is 14.8 Å². The number of para-hydroxylation sites is 2. The molecule has 0 bridgehead atoms. The highest BCUT2D eigenvalue weighted by atomic mass is 16.6. The Morgan fingerprint density at radius 2 is 2.19 bits per heavy atom. The summed E-state index contributed by atoms with van der Waals surface area (Å²) in [4.78, 5) is 12.3. The second-order valence-electron chi connectivity index (χ2n) is 4.87. The Bertz CT molecular complexity index is 666. The lowest BCUT2D eigenvalue weighted by molar-refractivity contribution is -0.125. The van der Waals surface area contributed by atoms with Gasteiger partial charge in [-0.1, -0.05) is 19.1 Å². The molecule has 1 aromatic carbocycles. The minimum Gasteiger partial charge on any atom is -0.485 e. The normalized spacial score (nSPS) is 16.6. The maximum Gasteiger partial charge on any atom is 0.269 e. The number of anilines is 1. The molecule has 0 saturated carbocycles. The van der Waals surface area contributed by atoms with Gasteiger partial charge in [0.15, 0.2) is 11.5 Å². The van der Waals surface area contributed by atoms with E-state index in [1.54, 1.807) is 16.9 Å². The quantitative estimate of drug-likeness (QED) is 0.934. The summed E-state index contributed by atoms with van der Waals surface area (Å²) in [6.07, 6.45) is 1.88. The zero-order chi connectivity index (χ0) is 14.8. The first-order valence-corrected chi connectivity index (χ1v) is 6.89. The fraction of sp³-hybridized carbons (Fsp3) is 0.333. The minimum absolute atomic E-state index is 0.199. The topological polar surface area (TPSA) is 65.4 Å². The highest BCUT2D eigenvalue weighted by Gasteiger charge is 2.28. The summed E-state index contributed by atoms with van der Waals surface area (Å²) in [5.41, 5.74) is 1.57. The lowest BCUT2D eigenvalue weighted by atomic mass is 10.2. The van der Waals surface area contributed by atoms with Gasteiger partial charge in [0.05, 0.1) is 11.4 Å². The van der Waals surface area contributed by atoms with Gasteiger partial charge in [-0.25, -0.2) is 0 Å². The molecule has 1 aromatic heterocycles. The molecule has 1 aliphatic heterocycles. The van der Waals surface area contributed by atoms with Crippen molar-refractivity contribution in [2.24, 2.45) is 7.05 Å². The number of carbonyl (C=O) groups excluding carboxylic acids is 1. The van der Waals surface area contributed by atoms with Crippen LogP contribution < -0.4 is 14.8 Å². The Labute approximate surface area is 122 Å². The van der Waals surface area contributed by atoms with Crippen LogP contribution in [0.3, 0.4) is 0 Å². The standard InChI is InChI=1S/C15H17N3O3/c1-3-10-11(8-18(2)17-10)16-15(19)14-9-20-12-6-4-5-7-13(12)21-14/h4-8,14H,3,9H2,1-2H3,(H,16,19). The van der Waals surface area contributed by atoms with Crippen LogP contribution in [0, 0.1) is 0 Å². The van der Waals surface area contributed by atoms with E-state index in [4.69, 9.17) is 9.47 Å². The molecule has 2 aromatic rings. The van der Waals surface area contributed by atoms with Crippen LogP contribution in [0.1, 0.15) is 12.6 Å². The number of nitrogens with one attached hydrogen (secondary N) is 1. The molecular weight excluding hydrogens is 270 g/mol. The molecule has 1 unspecified atom stereocenters. The number of amides is 1. The third-order valence-corrected chi connectivity index (χ3v) is 3.30. The number of rotatable bonds is 3. The van der Waals surface area contributed by atoms with Crippen LogP contribution in [0.15, 0.2) is 30.5 Å². The van der Waals surface area contributed by atoms with Crippen molar-refractivity contribution in [1.82, 2.24) is 9.78 Å². The summed E-state index contributed by atoms with van der Waals surface area (Å²) >= 11 is 0. The molecule has 6 nitrogen and oxygen atoms in total. The number of aromatic nitrogens is 2. The number of hydrogen-bond acceptors (Lipinski definition) is 4. The van der Waals surface area contributed by atoms with Crippen molar-refractivity contribution in [2.75, 3.05) is 11.9 Å². The SMILES string of the molecule is CCc1nn(C)cc1NC(=O)C1COc2ccccc2O1. The van der Waals surface area contributed by atoms with E-state index in [2.05, 4.69) is 10.4 Å². The second kappa shape index (κ2) is 5.47. The second-order valence-corrected chi connectivity index (χ2v) is 4.87. The molecule has 110 valence electrons. The molecule has 1 atom stereocenters.